The highest BCUT2D eigenvalue weighted by atomic mass is 16.6. The van der Waals surface area contributed by atoms with Gasteiger partial charge in [-0.2, -0.15) is 0 Å². The molecule has 0 radical (unpaired) electrons. The summed E-state index contributed by atoms with van der Waals surface area (Å²) in [6.07, 6.45) is -1.06. The summed E-state index contributed by atoms with van der Waals surface area (Å²) >= 11 is 0. The Morgan fingerprint density at radius 2 is 2.05 bits per heavy atom. The molecule has 2 bridgehead atoms. The minimum atomic E-state index is -1.13. The molecule has 3 rings (SSSR count). The van der Waals surface area contributed by atoms with E-state index in [-0.39, 0.29) is 11.7 Å². The fourth-order valence-electron chi connectivity index (χ4n) is 3.55. The third-order valence-corrected chi connectivity index (χ3v) is 4.87. The van der Waals surface area contributed by atoms with E-state index >= 15 is 0 Å². The summed E-state index contributed by atoms with van der Waals surface area (Å²) in [6, 6.07) is 0. The maximum Gasteiger partial charge on any atom is 0.334 e. The molecule has 3 heterocycles. The molecule has 3 aliphatic rings. The first-order valence-corrected chi connectivity index (χ1v) is 6.95. The normalized spacial score (nSPS) is 48.4. The molecule has 0 spiro atoms. The van der Waals surface area contributed by atoms with Crippen LogP contribution in [-0.4, -0.2) is 46.2 Å². The highest BCUT2D eigenvalue weighted by Crippen LogP contribution is 2.44. The number of carbonyl (C=O) groups excluding carboxylic acids is 1. The summed E-state index contributed by atoms with van der Waals surface area (Å²) in [4.78, 5) is 11.7. The average Bonchev–Trinajstić information content (AvgIpc) is 2.91. The average molecular weight is 280 g/mol. The maximum absolute atomic E-state index is 11.7. The van der Waals surface area contributed by atoms with Crippen molar-refractivity contribution in [2.45, 2.75) is 56.2 Å². The van der Waals surface area contributed by atoms with Crippen LogP contribution in [0.4, 0.5) is 0 Å². The molecule has 110 valence electrons. The van der Waals surface area contributed by atoms with Gasteiger partial charge in [-0.3, -0.25) is 0 Å². The summed E-state index contributed by atoms with van der Waals surface area (Å²) in [5.74, 6) is -1.10. The summed E-state index contributed by atoms with van der Waals surface area (Å²) in [6.45, 7) is 9.51. The van der Waals surface area contributed by atoms with Crippen LogP contribution in [0.2, 0.25) is 0 Å². The third-order valence-electron chi connectivity index (χ3n) is 4.87. The van der Waals surface area contributed by atoms with E-state index < -0.39 is 35.8 Å². The molecule has 3 aliphatic heterocycles. The van der Waals surface area contributed by atoms with E-state index in [9.17, 15) is 15.0 Å². The number of carbonyl (C=O) groups is 1. The number of aliphatic hydroxyl groups excluding tert-OH is 2. The van der Waals surface area contributed by atoms with Crippen LogP contribution in [0.25, 0.3) is 0 Å². The lowest BCUT2D eigenvalue weighted by Gasteiger charge is -2.35. The number of rotatable bonds is 0. The highest BCUT2D eigenvalue weighted by Gasteiger charge is 2.54. The molecule has 0 amide bonds. The second-order valence-electron chi connectivity index (χ2n) is 6.25. The van der Waals surface area contributed by atoms with E-state index in [4.69, 9.17) is 9.47 Å². The van der Waals surface area contributed by atoms with E-state index in [1.54, 1.807) is 6.92 Å². The van der Waals surface area contributed by atoms with E-state index in [0.717, 1.165) is 12.0 Å². The monoisotopic (exact) mass is 280 g/mol. The summed E-state index contributed by atoms with van der Waals surface area (Å²) in [7, 11) is 0. The Kier molecular flexibility index (Phi) is 3.04. The lowest BCUT2D eigenvalue weighted by Crippen LogP contribution is -2.50. The fraction of sp³-hybridized carbons (Fsp3) is 0.667. The third kappa shape index (κ3) is 1.84. The molecule has 0 aromatic rings. The van der Waals surface area contributed by atoms with Gasteiger partial charge in [0.1, 0.15) is 12.2 Å². The van der Waals surface area contributed by atoms with Crippen molar-refractivity contribution in [2.24, 2.45) is 5.92 Å². The first-order chi connectivity index (χ1) is 9.33. The standard InChI is InChI=1S/C15H20O5/c1-7-6-10-11(8(2)14(18)19-10)12(16)13(17)15(3)5-4-9(7)20-15/h9-13,16-17H,1-2,4-6H2,3H3/t9-,10+,11-,12+,13+,15-/m1/s1. The zero-order valence-electron chi connectivity index (χ0n) is 11.5. The first kappa shape index (κ1) is 13.8. The molecule has 5 heteroatoms. The van der Waals surface area contributed by atoms with Gasteiger partial charge in [0.2, 0.25) is 0 Å². The quantitative estimate of drug-likeness (QED) is 0.388. The van der Waals surface area contributed by atoms with Crippen molar-refractivity contribution in [3.63, 3.8) is 0 Å². The lowest BCUT2D eigenvalue weighted by atomic mass is 9.79. The fourth-order valence-corrected chi connectivity index (χ4v) is 3.55. The van der Waals surface area contributed by atoms with Crippen molar-refractivity contribution in [2.75, 3.05) is 0 Å². The molecule has 6 atom stereocenters. The van der Waals surface area contributed by atoms with Gasteiger partial charge in [-0.15, -0.1) is 0 Å². The number of hydrogen-bond acceptors (Lipinski definition) is 5. The number of esters is 1. The Hall–Kier alpha value is -1.17. The number of aliphatic hydroxyl groups is 2. The first-order valence-electron chi connectivity index (χ1n) is 6.95. The van der Waals surface area contributed by atoms with Crippen LogP contribution in [0.15, 0.2) is 24.3 Å². The van der Waals surface area contributed by atoms with E-state index in [2.05, 4.69) is 13.2 Å². The minimum Gasteiger partial charge on any atom is -0.458 e. The van der Waals surface area contributed by atoms with Gasteiger partial charge >= 0.3 is 5.97 Å². The van der Waals surface area contributed by atoms with Gasteiger partial charge < -0.3 is 19.7 Å². The van der Waals surface area contributed by atoms with Crippen molar-refractivity contribution in [3.8, 4) is 0 Å². The van der Waals surface area contributed by atoms with Crippen molar-refractivity contribution in [1.29, 1.82) is 0 Å². The molecular weight excluding hydrogens is 260 g/mol. The molecule has 0 saturated carbocycles. The topological polar surface area (TPSA) is 76.0 Å². The van der Waals surface area contributed by atoms with Gasteiger partial charge in [0.05, 0.1) is 23.7 Å². The molecule has 0 unspecified atom stereocenters. The second-order valence-corrected chi connectivity index (χ2v) is 6.25. The van der Waals surface area contributed by atoms with E-state index in [0.29, 0.717) is 12.8 Å². The Morgan fingerprint density at radius 1 is 1.35 bits per heavy atom. The van der Waals surface area contributed by atoms with Gasteiger partial charge in [-0.25, -0.2) is 4.79 Å². The smallest absolute Gasteiger partial charge is 0.334 e. The minimum absolute atomic E-state index is 0.159. The predicted molar refractivity (Wildman–Crippen MR) is 70.8 cm³/mol. The molecule has 0 aliphatic carbocycles. The van der Waals surface area contributed by atoms with Gasteiger partial charge in [0, 0.05) is 12.0 Å². The van der Waals surface area contributed by atoms with Crippen LogP contribution < -0.4 is 0 Å². The highest BCUT2D eigenvalue weighted by molar-refractivity contribution is 5.91. The largest absolute Gasteiger partial charge is 0.458 e. The summed E-state index contributed by atoms with van der Waals surface area (Å²) in [5, 5.41) is 21.0. The molecule has 0 aromatic carbocycles. The number of ether oxygens (including phenoxy) is 2. The van der Waals surface area contributed by atoms with Crippen LogP contribution in [-0.2, 0) is 14.3 Å². The van der Waals surface area contributed by atoms with Crippen molar-refractivity contribution in [1.82, 2.24) is 0 Å². The van der Waals surface area contributed by atoms with E-state index in [1.807, 2.05) is 0 Å². The van der Waals surface area contributed by atoms with Crippen LogP contribution in [0, 0.1) is 5.92 Å². The Bertz CT molecular complexity index is 485. The maximum atomic E-state index is 11.7. The van der Waals surface area contributed by atoms with Crippen LogP contribution >= 0.6 is 0 Å². The second kappa shape index (κ2) is 4.41. The van der Waals surface area contributed by atoms with Crippen molar-refractivity contribution >= 4 is 5.97 Å². The molecular formula is C15H20O5. The van der Waals surface area contributed by atoms with Crippen LogP contribution in [0.5, 0.6) is 0 Å². The molecule has 5 nitrogen and oxygen atoms in total. The van der Waals surface area contributed by atoms with Gasteiger partial charge in [-0.1, -0.05) is 13.2 Å². The Balaban J connectivity index is 2.00. The summed E-state index contributed by atoms with van der Waals surface area (Å²) < 4.78 is 11.2. The van der Waals surface area contributed by atoms with Crippen LogP contribution in [0.3, 0.4) is 0 Å². The molecule has 20 heavy (non-hydrogen) atoms. The zero-order chi connectivity index (χ0) is 14.7. The lowest BCUT2D eigenvalue weighted by molar-refractivity contribution is -0.147. The zero-order valence-corrected chi connectivity index (χ0v) is 11.5. The predicted octanol–water partition coefficient (Wildman–Crippen LogP) is 0.704. The number of fused-ring (bicyclic) bond motifs is 3. The van der Waals surface area contributed by atoms with Crippen molar-refractivity contribution in [3.05, 3.63) is 24.3 Å². The number of hydrogen-bond donors (Lipinski definition) is 2. The SMILES string of the molecule is C=C1C(=O)O[C@H]2CC(=C)[C@H]3CC[C@@](C)(O3)[C@@H](O)[C@@H](O)[C@H]12. The summed E-state index contributed by atoms with van der Waals surface area (Å²) in [5.41, 5.74) is 0.233. The molecule has 3 fully saturated rings. The van der Waals surface area contributed by atoms with Crippen LogP contribution in [0.1, 0.15) is 26.2 Å². The van der Waals surface area contributed by atoms with Gasteiger partial charge in [0.15, 0.2) is 0 Å². The van der Waals surface area contributed by atoms with Crippen molar-refractivity contribution < 1.29 is 24.5 Å². The Labute approximate surface area is 117 Å². The Morgan fingerprint density at radius 3 is 2.75 bits per heavy atom. The molecule has 2 N–H and O–H groups in total. The van der Waals surface area contributed by atoms with Gasteiger partial charge in [0.25, 0.3) is 0 Å². The molecule has 0 aromatic heterocycles. The molecule has 3 saturated heterocycles. The van der Waals surface area contributed by atoms with E-state index in [1.165, 1.54) is 0 Å². The van der Waals surface area contributed by atoms with Gasteiger partial charge in [-0.05, 0) is 25.3 Å².